The van der Waals surface area contributed by atoms with E-state index in [1.165, 1.54) is 0 Å². The molecule has 2 rings (SSSR count). The maximum Gasteiger partial charge on any atom is 0.258 e. The van der Waals surface area contributed by atoms with E-state index >= 15 is 0 Å². The van der Waals surface area contributed by atoms with Gasteiger partial charge in [-0.05, 0) is 42.4 Å². The molecule has 4 nitrogen and oxygen atoms in total. The summed E-state index contributed by atoms with van der Waals surface area (Å²) in [7, 11) is 0. The fraction of sp³-hybridized carbons (Fsp3) is 0.611. The van der Waals surface area contributed by atoms with Gasteiger partial charge in [-0.1, -0.05) is 32.9 Å². The second-order valence-corrected chi connectivity index (χ2v) is 6.98. The highest BCUT2D eigenvalue weighted by atomic mass is 16.5. The number of hydrogen-bond donors (Lipinski definition) is 1. The minimum atomic E-state index is -0.100. The number of hydrogen-bond acceptors (Lipinski definition) is 3. The lowest BCUT2D eigenvalue weighted by Gasteiger charge is -2.23. The first-order valence-corrected chi connectivity index (χ1v) is 7.98. The lowest BCUT2D eigenvalue weighted by Crippen LogP contribution is -2.35. The van der Waals surface area contributed by atoms with Gasteiger partial charge >= 0.3 is 0 Å². The Bertz CT molecular complexity index is 514. The first-order chi connectivity index (χ1) is 10.4. The fourth-order valence-corrected chi connectivity index (χ4v) is 2.60. The Kier molecular flexibility index (Phi) is 5.46. The monoisotopic (exact) mass is 305 g/mol. The Morgan fingerprint density at radius 1 is 1.41 bits per heavy atom. The molecule has 0 aliphatic carbocycles. The molecule has 1 aliphatic heterocycles. The van der Waals surface area contributed by atoms with Crippen LogP contribution in [0.1, 0.15) is 44.7 Å². The van der Waals surface area contributed by atoms with Crippen molar-refractivity contribution in [2.24, 2.45) is 0 Å². The van der Waals surface area contributed by atoms with Gasteiger partial charge in [-0.2, -0.15) is 0 Å². The van der Waals surface area contributed by atoms with Crippen molar-refractivity contribution in [3.8, 4) is 5.75 Å². The van der Waals surface area contributed by atoms with E-state index in [2.05, 4.69) is 38.2 Å². The van der Waals surface area contributed by atoms with Crippen LogP contribution >= 0.6 is 0 Å². The van der Waals surface area contributed by atoms with E-state index in [1.54, 1.807) is 0 Å². The molecule has 4 heteroatoms. The van der Waals surface area contributed by atoms with E-state index in [4.69, 9.17) is 9.47 Å². The van der Waals surface area contributed by atoms with Gasteiger partial charge in [0.25, 0.3) is 5.91 Å². The highest BCUT2D eigenvalue weighted by molar-refractivity contribution is 5.77. The van der Waals surface area contributed by atoms with Crippen molar-refractivity contribution in [3.63, 3.8) is 0 Å². The number of benzene rings is 1. The summed E-state index contributed by atoms with van der Waals surface area (Å²) in [4.78, 5) is 11.9. The molecule has 1 saturated heterocycles. The zero-order valence-corrected chi connectivity index (χ0v) is 14.1. The van der Waals surface area contributed by atoms with Crippen LogP contribution in [-0.2, 0) is 14.9 Å². The Morgan fingerprint density at radius 3 is 2.82 bits per heavy atom. The molecule has 1 atom stereocenters. The van der Waals surface area contributed by atoms with Crippen LogP contribution in [0.25, 0.3) is 0 Å². The van der Waals surface area contributed by atoms with Gasteiger partial charge in [0, 0.05) is 13.2 Å². The number of amides is 1. The predicted octanol–water partition coefficient (Wildman–Crippen LogP) is 2.97. The van der Waals surface area contributed by atoms with E-state index in [0.717, 1.165) is 36.3 Å². The molecule has 1 aromatic carbocycles. The lowest BCUT2D eigenvalue weighted by atomic mass is 9.86. The van der Waals surface area contributed by atoms with Crippen molar-refractivity contribution in [2.45, 2.75) is 52.1 Å². The van der Waals surface area contributed by atoms with Crippen molar-refractivity contribution in [1.29, 1.82) is 0 Å². The minimum Gasteiger partial charge on any atom is -0.483 e. The number of aryl methyl sites for hydroxylation is 1. The van der Waals surface area contributed by atoms with Gasteiger partial charge in [-0.15, -0.1) is 0 Å². The Hall–Kier alpha value is -1.55. The molecule has 1 N–H and O–H groups in total. The highest BCUT2D eigenvalue weighted by Crippen LogP contribution is 2.32. The van der Waals surface area contributed by atoms with Crippen molar-refractivity contribution < 1.29 is 14.3 Å². The third kappa shape index (κ3) is 4.73. The third-order valence-electron chi connectivity index (χ3n) is 3.85. The van der Waals surface area contributed by atoms with E-state index in [1.807, 2.05) is 13.0 Å². The van der Waals surface area contributed by atoms with Gasteiger partial charge < -0.3 is 14.8 Å². The zero-order chi connectivity index (χ0) is 16.2. The van der Waals surface area contributed by atoms with Crippen LogP contribution in [0.3, 0.4) is 0 Å². The Balaban J connectivity index is 1.90. The number of rotatable bonds is 5. The van der Waals surface area contributed by atoms with Gasteiger partial charge in [-0.3, -0.25) is 4.79 Å². The van der Waals surface area contributed by atoms with E-state index in [-0.39, 0.29) is 24.0 Å². The SMILES string of the molecule is Cc1ccc(C(C)(C)C)c(OCC(=O)NCC2CCCO2)c1. The molecule has 0 spiro atoms. The fourth-order valence-electron chi connectivity index (χ4n) is 2.60. The second-order valence-electron chi connectivity index (χ2n) is 6.98. The van der Waals surface area contributed by atoms with Gasteiger partial charge in [-0.25, -0.2) is 0 Å². The molecule has 1 aromatic rings. The first-order valence-electron chi connectivity index (χ1n) is 7.98. The quantitative estimate of drug-likeness (QED) is 0.910. The first kappa shape index (κ1) is 16.8. The van der Waals surface area contributed by atoms with Crippen molar-refractivity contribution in [1.82, 2.24) is 5.32 Å². The molecule has 122 valence electrons. The number of carbonyl (C=O) groups is 1. The van der Waals surface area contributed by atoms with Crippen molar-refractivity contribution in [3.05, 3.63) is 29.3 Å². The van der Waals surface area contributed by atoms with Crippen LogP contribution in [0.15, 0.2) is 18.2 Å². The molecule has 1 heterocycles. The van der Waals surface area contributed by atoms with Gasteiger partial charge in [0.1, 0.15) is 5.75 Å². The van der Waals surface area contributed by atoms with Crippen LogP contribution in [0.4, 0.5) is 0 Å². The Labute approximate surface area is 133 Å². The smallest absolute Gasteiger partial charge is 0.258 e. The molecule has 1 unspecified atom stereocenters. The molecule has 0 bridgehead atoms. The molecular weight excluding hydrogens is 278 g/mol. The summed E-state index contributed by atoms with van der Waals surface area (Å²) in [5.41, 5.74) is 2.23. The molecule has 1 aliphatic rings. The van der Waals surface area contributed by atoms with Crippen molar-refractivity contribution >= 4 is 5.91 Å². The molecule has 1 amide bonds. The van der Waals surface area contributed by atoms with Gasteiger partial charge in [0.15, 0.2) is 6.61 Å². The van der Waals surface area contributed by atoms with E-state index in [0.29, 0.717) is 6.54 Å². The summed E-state index contributed by atoms with van der Waals surface area (Å²) in [5, 5.41) is 2.88. The lowest BCUT2D eigenvalue weighted by molar-refractivity contribution is -0.123. The van der Waals surface area contributed by atoms with Crippen LogP contribution in [-0.4, -0.2) is 31.8 Å². The number of carbonyl (C=O) groups excluding carboxylic acids is 1. The maximum absolute atomic E-state index is 11.9. The standard InChI is InChI=1S/C18H27NO3/c1-13-7-8-15(18(2,3)4)16(10-13)22-12-17(20)19-11-14-6-5-9-21-14/h7-8,10,14H,5-6,9,11-12H2,1-4H3,(H,19,20). The highest BCUT2D eigenvalue weighted by Gasteiger charge is 2.20. The summed E-state index contributed by atoms with van der Waals surface area (Å²) >= 11 is 0. The summed E-state index contributed by atoms with van der Waals surface area (Å²) in [6.45, 7) is 9.86. The van der Waals surface area contributed by atoms with Gasteiger partial charge in [0.2, 0.25) is 0 Å². The largest absolute Gasteiger partial charge is 0.483 e. The van der Waals surface area contributed by atoms with Gasteiger partial charge in [0.05, 0.1) is 6.10 Å². The summed E-state index contributed by atoms with van der Waals surface area (Å²) < 4.78 is 11.3. The molecule has 0 radical (unpaired) electrons. The second kappa shape index (κ2) is 7.14. The number of ether oxygens (including phenoxy) is 2. The van der Waals surface area contributed by atoms with Crippen LogP contribution in [0.5, 0.6) is 5.75 Å². The summed E-state index contributed by atoms with van der Waals surface area (Å²) in [6.07, 6.45) is 2.26. The molecule has 1 fully saturated rings. The normalized spacial score (nSPS) is 18.3. The minimum absolute atomic E-state index is 0.0167. The summed E-state index contributed by atoms with van der Waals surface area (Å²) in [6, 6.07) is 6.15. The van der Waals surface area contributed by atoms with Crippen molar-refractivity contribution in [2.75, 3.05) is 19.8 Å². The predicted molar refractivity (Wildman–Crippen MR) is 87.4 cm³/mol. The van der Waals surface area contributed by atoms with E-state index in [9.17, 15) is 4.79 Å². The molecular formula is C18H27NO3. The number of nitrogens with one attached hydrogen (secondary N) is 1. The van der Waals surface area contributed by atoms with Crippen LogP contribution in [0.2, 0.25) is 0 Å². The molecule has 0 saturated carbocycles. The molecule has 22 heavy (non-hydrogen) atoms. The van der Waals surface area contributed by atoms with E-state index < -0.39 is 0 Å². The topological polar surface area (TPSA) is 47.6 Å². The summed E-state index contributed by atoms with van der Waals surface area (Å²) in [5.74, 6) is 0.691. The zero-order valence-electron chi connectivity index (χ0n) is 14.1. The average molecular weight is 305 g/mol. The third-order valence-corrected chi connectivity index (χ3v) is 3.85. The van der Waals surface area contributed by atoms with Crippen LogP contribution in [0, 0.1) is 6.92 Å². The molecule has 0 aromatic heterocycles. The Morgan fingerprint density at radius 2 is 2.18 bits per heavy atom. The maximum atomic E-state index is 11.9. The van der Waals surface area contributed by atoms with Crippen LogP contribution < -0.4 is 10.1 Å². The average Bonchev–Trinajstić information content (AvgIpc) is 2.95.